The van der Waals surface area contributed by atoms with Crippen LogP contribution < -0.4 is 10.2 Å². The van der Waals surface area contributed by atoms with Gasteiger partial charge in [-0.1, -0.05) is 6.07 Å². The Morgan fingerprint density at radius 3 is 2.68 bits per heavy atom. The predicted molar refractivity (Wildman–Crippen MR) is 141 cm³/mol. The Morgan fingerprint density at radius 2 is 1.82 bits per heavy atom. The summed E-state index contributed by atoms with van der Waals surface area (Å²) in [7, 11) is 3.90. The first-order valence-corrected chi connectivity index (χ1v) is 12.2. The maximum Gasteiger partial charge on any atom is 0.228 e. The normalized spacial score (nSPS) is 14.3. The number of fused-ring (bicyclic) bond motifs is 2. The van der Waals surface area contributed by atoms with E-state index >= 15 is 0 Å². The number of hydrogen-bond acceptors (Lipinski definition) is 7. The molecule has 1 saturated heterocycles. The lowest BCUT2D eigenvalue weighted by molar-refractivity contribution is 0.122. The molecule has 0 atom stereocenters. The zero-order chi connectivity index (χ0) is 23.2. The Kier molecular flexibility index (Phi) is 5.33. The molecule has 5 aromatic rings. The van der Waals surface area contributed by atoms with Crippen molar-refractivity contribution >= 4 is 61.9 Å². The van der Waals surface area contributed by atoms with Crippen molar-refractivity contribution in [1.29, 1.82) is 0 Å². The van der Waals surface area contributed by atoms with E-state index in [4.69, 9.17) is 14.7 Å². The van der Waals surface area contributed by atoms with Gasteiger partial charge in [-0.05, 0) is 52.9 Å². The summed E-state index contributed by atoms with van der Waals surface area (Å²) in [6, 6.07) is 14.5. The van der Waals surface area contributed by atoms with Crippen molar-refractivity contribution in [3.8, 4) is 11.3 Å². The maximum absolute atomic E-state index is 5.54. The zero-order valence-electron chi connectivity index (χ0n) is 18.9. The van der Waals surface area contributed by atoms with E-state index in [1.165, 1.54) is 0 Å². The van der Waals surface area contributed by atoms with Crippen molar-refractivity contribution < 1.29 is 4.74 Å². The van der Waals surface area contributed by atoms with Crippen LogP contribution in [0.2, 0.25) is 0 Å². The van der Waals surface area contributed by atoms with E-state index in [2.05, 4.69) is 67.3 Å². The molecule has 4 heterocycles. The summed E-state index contributed by atoms with van der Waals surface area (Å²) in [5.74, 6) is 1.43. The number of morpholine rings is 1. The molecule has 0 unspecified atom stereocenters. The quantitative estimate of drug-likeness (QED) is 0.328. The fraction of sp³-hybridized carbons (Fsp3) is 0.250. The first-order chi connectivity index (χ1) is 16.5. The predicted octanol–water partition coefficient (Wildman–Crippen LogP) is 4.10. The van der Waals surface area contributed by atoms with Gasteiger partial charge in [-0.15, -0.1) is 0 Å². The highest BCUT2D eigenvalue weighted by atomic mass is 127. The van der Waals surface area contributed by atoms with E-state index in [1.807, 2.05) is 47.9 Å². The standard InChI is InChI=1S/C24H23IN8O/c1-31-14-16-3-5-17(12-20(16)29-31)26-22-13-19(27-24(28-22)33-7-9-34-10-8-33)15-4-6-18-21(11-15)32(2)30-23(18)25/h3-6,11-14H,7-10H2,1-2H3,(H,26,27,28). The molecule has 172 valence electrons. The van der Waals surface area contributed by atoms with Crippen LogP contribution in [0.1, 0.15) is 0 Å². The van der Waals surface area contributed by atoms with Gasteiger partial charge in [0.2, 0.25) is 5.95 Å². The van der Waals surface area contributed by atoms with Crippen molar-refractivity contribution in [2.75, 3.05) is 36.5 Å². The SMILES string of the molecule is Cn1cc2ccc(Nc3cc(-c4ccc5c(I)nn(C)c5c4)nc(N4CCOCC4)n3)cc2n1. The third kappa shape index (κ3) is 3.96. The largest absolute Gasteiger partial charge is 0.378 e. The molecule has 9 nitrogen and oxygen atoms in total. The van der Waals surface area contributed by atoms with E-state index in [1.54, 1.807) is 0 Å². The second-order valence-electron chi connectivity index (χ2n) is 8.39. The minimum Gasteiger partial charge on any atom is -0.378 e. The first-order valence-electron chi connectivity index (χ1n) is 11.1. The number of rotatable bonds is 4. The summed E-state index contributed by atoms with van der Waals surface area (Å²) >= 11 is 2.27. The van der Waals surface area contributed by atoms with Crippen LogP contribution in [0.5, 0.6) is 0 Å². The number of nitrogens with one attached hydrogen (secondary N) is 1. The Labute approximate surface area is 209 Å². The highest BCUT2D eigenvalue weighted by Gasteiger charge is 2.17. The van der Waals surface area contributed by atoms with E-state index in [0.717, 1.165) is 61.4 Å². The number of aryl methyl sites for hydroxylation is 2. The summed E-state index contributed by atoms with van der Waals surface area (Å²) in [5.41, 5.74) is 4.82. The topological polar surface area (TPSA) is 85.9 Å². The van der Waals surface area contributed by atoms with Crippen LogP contribution in [0.4, 0.5) is 17.5 Å². The number of ether oxygens (including phenoxy) is 1. The third-order valence-corrected chi connectivity index (χ3v) is 6.80. The van der Waals surface area contributed by atoms with Crippen molar-refractivity contribution in [3.63, 3.8) is 0 Å². The number of anilines is 3. The molecule has 1 aliphatic heterocycles. The Morgan fingerprint density at radius 1 is 0.971 bits per heavy atom. The molecule has 0 saturated carbocycles. The van der Waals surface area contributed by atoms with Crippen LogP contribution in [-0.4, -0.2) is 55.8 Å². The van der Waals surface area contributed by atoms with E-state index in [-0.39, 0.29) is 0 Å². The third-order valence-electron chi connectivity index (χ3n) is 6.00. The van der Waals surface area contributed by atoms with Gasteiger partial charge in [0.25, 0.3) is 0 Å². The molecule has 1 fully saturated rings. The molecule has 1 N–H and O–H groups in total. The second-order valence-corrected chi connectivity index (χ2v) is 9.41. The summed E-state index contributed by atoms with van der Waals surface area (Å²) in [6.07, 6.45) is 2.01. The smallest absolute Gasteiger partial charge is 0.228 e. The van der Waals surface area contributed by atoms with Crippen molar-refractivity contribution in [2.24, 2.45) is 14.1 Å². The molecule has 2 aromatic carbocycles. The van der Waals surface area contributed by atoms with Crippen molar-refractivity contribution in [2.45, 2.75) is 0 Å². The minimum atomic E-state index is 0.673. The molecule has 0 bridgehead atoms. The summed E-state index contributed by atoms with van der Waals surface area (Å²) in [6.45, 7) is 2.88. The molecule has 0 spiro atoms. The first kappa shape index (κ1) is 21.3. The fourth-order valence-electron chi connectivity index (χ4n) is 4.29. The van der Waals surface area contributed by atoms with Crippen LogP contribution in [-0.2, 0) is 18.8 Å². The summed E-state index contributed by atoms with van der Waals surface area (Å²) in [5, 5.41) is 14.8. The Hall–Kier alpha value is -3.25. The molecular formula is C24H23IN8O. The summed E-state index contributed by atoms with van der Waals surface area (Å²) in [4.78, 5) is 12.0. The maximum atomic E-state index is 5.54. The second kappa shape index (κ2) is 8.51. The van der Waals surface area contributed by atoms with Crippen LogP contribution in [0.25, 0.3) is 33.1 Å². The van der Waals surface area contributed by atoms with Gasteiger partial charge in [-0.25, -0.2) is 4.98 Å². The molecule has 1 aliphatic rings. The van der Waals surface area contributed by atoms with Crippen molar-refractivity contribution in [3.05, 3.63) is 52.4 Å². The Balaban J connectivity index is 1.43. The lowest BCUT2D eigenvalue weighted by Gasteiger charge is -2.27. The van der Waals surface area contributed by atoms with Gasteiger partial charge in [0.15, 0.2) is 0 Å². The van der Waals surface area contributed by atoms with Gasteiger partial charge >= 0.3 is 0 Å². The highest BCUT2D eigenvalue weighted by molar-refractivity contribution is 14.1. The van der Waals surface area contributed by atoms with Crippen LogP contribution in [0.3, 0.4) is 0 Å². The monoisotopic (exact) mass is 566 g/mol. The molecule has 0 radical (unpaired) electrons. The molecule has 10 heteroatoms. The van der Waals surface area contributed by atoms with E-state index in [9.17, 15) is 0 Å². The van der Waals surface area contributed by atoms with Gasteiger partial charge < -0.3 is 15.0 Å². The molecule has 0 amide bonds. The molecule has 6 rings (SSSR count). The highest BCUT2D eigenvalue weighted by Crippen LogP contribution is 2.30. The Bertz CT molecular complexity index is 1520. The lowest BCUT2D eigenvalue weighted by atomic mass is 10.1. The van der Waals surface area contributed by atoms with Gasteiger partial charge in [-0.3, -0.25) is 9.36 Å². The summed E-state index contributed by atoms with van der Waals surface area (Å²) < 4.78 is 10.3. The van der Waals surface area contributed by atoms with Crippen LogP contribution in [0.15, 0.2) is 48.7 Å². The lowest BCUT2D eigenvalue weighted by Crippen LogP contribution is -2.37. The number of aromatic nitrogens is 6. The van der Waals surface area contributed by atoms with Gasteiger partial charge in [0.1, 0.15) is 9.52 Å². The van der Waals surface area contributed by atoms with Crippen LogP contribution >= 0.6 is 22.6 Å². The molecule has 0 aliphatic carbocycles. The zero-order valence-corrected chi connectivity index (χ0v) is 21.0. The van der Waals surface area contributed by atoms with Gasteiger partial charge in [-0.2, -0.15) is 15.2 Å². The molecular weight excluding hydrogens is 543 g/mol. The average molecular weight is 566 g/mol. The molecule has 34 heavy (non-hydrogen) atoms. The van der Waals surface area contributed by atoms with Crippen LogP contribution in [0, 0.1) is 3.70 Å². The minimum absolute atomic E-state index is 0.673. The number of halogens is 1. The van der Waals surface area contributed by atoms with Gasteiger partial charge in [0, 0.05) is 61.5 Å². The average Bonchev–Trinajstić information content (AvgIpc) is 3.36. The van der Waals surface area contributed by atoms with Gasteiger partial charge in [0.05, 0.1) is 29.9 Å². The van der Waals surface area contributed by atoms with E-state index < -0.39 is 0 Å². The van der Waals surface area contributed by atoms with E-state index in [0.29, 0.717) is 19.2 Å². The molecule has 3 aromatic heterocycles. The van der Waals surface area contributed by atoms with Crippen molar-refractivity contribution in [1.82, 2.24) is 29.5 Å². The number of hydrogen-bond donors (Lipinski definition) is 1. The number of nitrogens with zero attached hydrogens (tertiary/aromatic N) is 7. The fourth-order valence-corrected chi connectivity index (χ4v) is 5.07. The number of benzene rings is 2.